The Morgan fingerprint density at radius 1 is 0.303 bits per heavy atom. The maximum atomic E-state index is 6.69. The van der Waals surface area contributed by atoms with Crippen molar-refractivity contribution in [3.05, 3.63) is 271 Å². The Labute approximate surface area is 440 Å². The molecule has 76 heavy (non-hydrogen) atoms. The lowest BCUT2D eigenvalue weighted by atomic mass is 9.67. The highest BCUT2D eigenvalue weighted by molar-refractivity contribution is 7.25. The van der Waals surface area contributed by atoms with Gasteiger partial charge in [0.15, 0.2) is 17.5 Å². The summed E-state index contributed by atoms with van der Waals surface area (Å²) in [5.74, 6) is 1.71. The van der Waals surface area contributed by atoms with Crippen LogP contribution >= 0.6 is 11.3 Å². The molecule has 5 nitrogen and oxygen atoms in total. The van der Waals surface area contributed by atoms with E-state index in [2.05, 4.69) is 206 Å². The number of fused-ring (bicyclic) bond motifs is 12. The van der Waals surface area contributed by atoms with Gasteiger partial charge < -0.3 is 8.83 Å². The molecule has 15 aromatic rings. The monoisotopic (exact) mass is 987 g/mol. The lowest BCUT2D eigenvalue weighted by Gasteiger charge is -2.34. The van der Waals surface area contributed by atoms with Crippen LogP contribution in [0.5, 0.6) is 0 Å². The Kier molecular flexibility index (Phi) is 9.35. The van der Waals surface area contributed by atoms with Crippen LogP contribution in [0.25, 0.3) is 132 Å². The molecule has 0 unspecified atom stereocenters. The van der Waals surface area contributed by atoms with Crippen molar-refractivity contribution >= 4 is 75.4 Å². The van der Waals surface area contributed by atoms with E-state index in [0.717, 1.165) is 77.3 Å². The first kappa shape index (κ1) is 42.7. The Morgan fingerprint density at radius 2 is 0.829 bits per heavy atom. The average Bonchev–Trinajstić information content (AvgIpc) is 4.42. The van der Waals surface area contributed by atoms with Crippen molar-refractivity contribution in [3.63, 3.8) is 0 Å². The predicted molar refractivity (Wildman–Crippen MR) is 312 cm³/mol. The summed E-state index contributed by atoms with van der Waals surface area (Å²) in [5, 5.41) is 6.37. The summed E-state index contributed by atoms with van der Waals surface area (Å²) in [5.41, 5.74) is 17.4. The number of hydrogen-bond acceptors (Lipinski definition) is 6. The van der Waals surface area contributed by atoms with E-state index in [-0.39, 0.29) is 0 Å². The molecule has 11 aromatic carbocycles. The SMILES string of the molecule is c1ccc(C2(c3ccccc3)c3ccccc3-c3c(-c4cccc(-c5ccc6oc7cccc(-c8nc(-c9ccc%10c(c9)sc9ccccc9%10)nc(-c9cccc%10oc%11ccccc%11c9%10)n8)c7c6c5)c4)cccc32)cc1. The first-order chi connectivity index (χ1) is 37.7. The first-order valence-corrected chi connectivity index (χ1v) is 26.5. The molecular formula is C70H41N3O2S. The molecule has 4 heterocycles. The Hall–Kier alpha value is -9.75. The van der Waals surface area contributed by atoms with Crippen molar-refractivity contribution in [2.45, 2.75) is 5.41 Å². The predicted octanol–water partition coefficient (Wildman–Crippen LogP) is 18.7. The number of nitrogens with zero attached hydrogens (tertiary/aromatic N) is 3. The largest absolute Gasteiger partial charge is 0.456 e. The van der Waals surface area contributed by atoms with E-state index in [4.69, 9.17) is 23.8 Å². The van der Waals surface area contributed by atoms with Crippen molar-refractivity contribution in [1.29, 1.82) is 0 Å². The normalized spacial score (nSPS) is 12.8. The van der Waals surface area contributed by atoms with E-state index >= 15 is 0 Å². The second-order valence-corrected chi connectivity index (χ2v) is 20.8. The van der Waals surface area contributed by atoms with E-state index in [1.165, 1.54) is 59.1 Å². The molecule has 4 aromatic heterocycles. The number of rotatable bonds is 7. The van der Waals surface area contributed by atoms with Crippen LogP contribution in [0.15, 0.2) is 258 Å². The van der Waals surface area contributed by atoms with Gasteiger partial charge >= 0.3 is 0 Å². The van der Waals surface area contributed by atoms with Gasteiger partial charge in [-0.05, 0) is 104 Å². The molecule has 16 rings (SSSR count). The molecule has 1 aliphatic rings. The minimum atomic E-state index is -0.485. The van der Waals surface area contributed by atoms with Crippen molar-refractivity contribution < 1.29 is 8.83 Å². The number of hydrogen-bond donors (Lipinski definition) is 0. The summed E-state index contributed by atoms with van der Waals surface area (Å²) in [6, 6.07) is 88.9. The molecule has 0 fully saturated rings. The second-order valence-electron chi connectivity index (χ2n) is 19.7. The maximum absolute atomic E-state index is 6.69. The summed E-state index contributed by atoms with van der Waals surface area (Å²) >= 11 is 1.78. The van der Waals surface area contributed by atoms with Gasteiger partial charge in [-0.2, -0.15) is 0 Å². The van der Waals surface area contributed by atoms with Gasteiger partial charge in [-0.25, -0.2) is 15.0 Å². The molecule has 6 heteroatoms. The Bertz CT molecular complexity index is 4800. The number of thiophene rings is 1. The summed E-state index contributed by atoms with van der Waals surface area (Å²) in [6.07, 6.45) is 0. The molecule has 0 amide bonds. The first-order valence-electron chi connectivity index (χ1n) is 25.6. The van der Waals surface area contributed by atoms with Gasteiger partial charge in [-0.3, -0.25) is 0 Å². The number of para-hydroxylation sites is 1. The van der Waals surface area contributed by atoms with Gasteiger partial charge in [0.2, 0.25) is 0 Å². The number of aromatic nitrogens is 3. The molecule has 0 bridgehead atoms. The molecule has 1 aliphatic carbocycles. The van der Waals surface area contributed by atoms with Gasteiger partial charge in [-0.15, -0.1) is 11.3 Å². The van der Waals surface area contributed by atoms with Crippen LogP contribution < -0.4 is 0 Å². The van der Waals surface area contributed by atoms with Crippen molar-refractivity contribution in [3.8, 4) is 67.5 Å². The van der Waals surface area contributed by atoms with Crippen molar-refractivity contribution in [2.75, 3.05) is 0 Å². The van der Waals surface area contributed by atoms with E-state index < -0.39 is 5.41 Å². The Balaban J connectivity index is 0.864. The molecule has 0 saturated heterocycles. The van der Waals surface area contributed by atoms with Crippen LogP contribution in [-0.4, -0.2) is 15.0 Å². The highest BCUT2D eigenvalue weighted by Gasteiger charge is 2.46. The lowest BCUT2D eigenvalue weighted by molar-refractivity contribution is 0.668. The van der Waals surface area contributed by atoms with E-state index in [1.807, 2.05) is 42.5 Å². The molecule has 0 N–H and O–H groups in total. The van der Waals surface area contributed by atoms with Gasteiger partial charge in [0.1, 0.15) is 22.3 Å². The highest BCUT2D eigenvalue weighted by atomic mass is 32.1. The minimum absolute atomic E-state index is 0.485. The van der Waals surface area contributed by atoms with Crippen LogP contribution in [0.4, 0.5) is 0 Å². The van der Waals surface area contributed by atoms with Crippen LogP contribution in [0, 0.1) is 0 Å². The van der Waals surface area contributed by atoms with Crippen LogP contribution in [-0.2, 0) is 5.41 Å². The van der Waals surface area contributed by atoms with E-state index in [9.17, 15) is 0 Å². The summed E-state index contributed by atoms with van der Waals surface area (Å²) in [4.78, 5) is 16.1. The third kappa shape index (κ3) is 6.35. The number of benzene rings is 11. The zero-order chi connectivity index (χ0) is 49.9. The van der Waals surface area contributed by atoms with Gasteiger partial charge in [0.25, 0.3) is 0 Å². The lowest BCUT2D eigenvalue weighted by Crippen LogP contribution is -2.28. The van der Waals surface area contributed by atoms with Crippen LogP contribution in [0.2, 0.25) is 0 Å². The van der Waals surface area contributed by atoms with Crippen LogP contribution in [0.1, 0.15) is 22.3 Å². The third-order valence-corrected chi connectivity index (χ3v) is 16.8. The fourth-order valence-corrected chi connectivity index (χ4v) is 13.5. The number of furan rings is 2. The quantitative estimate of drug-likeness (QED) is 0.159. The topological polar surface area (TPSA) is 65.0 Å². The third-order valence-electron chi connectivity index (χ3n) is 15.6. The molecule has 0 aliphatic heterocycles. The highest BCUT2D eigenvalue weighted by Crippen LogP contribution is 2.58. The zero-order valence-electron chi connectivity index (χ0n) is 40.7. The Morgan fingerprint density at radius 3 is 1.61 bits per heavy atom. The van der Waals surface area contributed by atoms with Gasteiger partial charge in [-0.1, -0.05) is 200 Å². The molecular weight excluding hydrogens is 947 g/mol. The minimum Gasteiger partial charge on any atom is -0.456 e. The summed E-state index contributed by atoms with van der Waals surface area (Å²) in [6.45, 7) is 0. The standard InChI is InChI=1S/C70H41N3O2S/c1-3-19-46(20-4-1)70(47-21-5-2-6-22-47)56-29-10-7-24-51(56)64-48(26-14-30-57(64)70)44-18-13-17-42(39-44)43-36-38-59-55(40-43)66-54(28-16-33-61(66)75-59)69-72-67(45-35-37-50-49-23-9-12-34-62(49)76-63(50)41-45)71-68(73-69)53-27-15-32-60-65(53)52-25-8-11-31-58(52)74-60/h1-41H. The summed E-state index contributed by atoms with van der Waals surface area (Å²) < 4.78 is 15.5. The smallest absolute Gasteiger partial charge is 0.164 e. The van der Waals surface area contributed by atoms with E-state index in [1.54, 1.807) is 11.3 Å². The maximum Gasteiger partial charge on any atom is 0.164 e. The zero-order valence-corrected chi connectivity index (χ0v) is 41.6. The van der Waals surface area contributed by atoms with Gasteiger partial charge in [0.05, 0.1) is 5.41 Å². The van der Waals surface area contributed by atoms with Crippen LogP contribution in [0.3, 0.4) is 0 Å². The van der Waals surface area contributed by atoms with Crippen molar-refractivity contribution in [2.24, 2.45) is 0 Å². The van der Waals surface area contributed by atoms with Gasteiger partial charge in [0, 0.05) is 58.4 Å². The van der Waals surface area contributed by atoms with E-state index in [0.29, 0.717) is 17.5 Å². The molecule has 0 spiro atoms. The fourth-order valence-electron chi connectivity index (χ4n) is 12.4. The fraction of sp³-hybridized carbons (Fsp3) is 0.0143. The second kappa shape index (κ2) is 16.6. The molecule has 0 radical (unpaired) electrons. The molecule has 0 saturated carbocycles. The average molecular weight is 988 g/mol. The summed E-state index contributed by atoms with van der Waals surface area (Å²) in [7, 11) is 0. The molecule has 354 valence electrons. The molecule has 0 atom stereocenters. The van der Waals surface area contributed by atoms with Crippen molar-refractivity contribution in [1.82, 2.24) is 15.0 Å².